The average molecular weight is 414 g/mol. The first-order valence-corrected chi connectivity index (χ1v) is 11.3. The molecule has 29 heavy (non-hydrogen) atoms. The number of rotatable bonds is 4. The molecular formula is C23H28FN3OS. The maximum Gasteiger partial charge on any atom is 0.237 e. The Bertz CT molecular complexity index is 882. The first-order chi connectivity index (χ1) is 14.0. The first kappa shape index (κ1) is 20.2. The Labute approximate surface area is 176 Å². The van der Waals surface area contributed by atoms with Crippen LogP contribution in [0.25, 0.3) is 0 Å². The molecule has 2 heterocycles. The number of aryl methyl sites for hydroxylation is 1. The van der Waals surface area contributed by atoms with Crippen LogP contribution in [0, 0.1) is 19.7 Å². The predicted molar refractivity (Wildman–Crippen MR) is 118 cm³/mol. The second-order valence-corrected chi connectivity index (χ2v) is 9.00. The Hall–Kier alpha value is -2.05. The van der Waals surface area contributed by atoms with Crippen molar-refractivity contribution in [3.05, 3.63) is 65.0 Å². The summed E-state index contributed by atoms with van der Waals surface area (Å²) in [4.78, 5) is 19.5. The van der Waals surface area contributed by atoms with Crippen LogP contribution in [-0.2, 0) is 4.79 Å². The lowest BCUT2D eigenvalue weighted by Gasteiger charge is -2.37. The number of anilines is 1. The molecule has 1 atom stereocenters. The summed E-state index contributed by atoms with van der Waals surface area (Å²) >= 11 is 1.65. The van der Waals surface area contributed by atoms with E-state index in [0.717, 1.165) is 31.9 Å². The molecule has 0 unspecified atom stereocenters. The van der Waals surface area contributed by atoms with E-state index in [0.29, 0.717) is 18.7 Å². The maximum absolute atomic E-state index is 14.2. The molecule has 0 spiro atoms. The van der Waals surface area contributed by atoms with Crippen LogP contribution in [0.5, 0.6) is 0 Å². The van der Waals surface area contributed by atoms with Gasteiger partial charge in [0.05, 0.1) is 6.54 Å². The van der Waals surface area contributed by atoms with Crippen molar-refractivity contribution < 1.29 is 9.18 Å². The molecule has 2 aromatic carbocycles. The van der Waals surface area contributed by atoms with Crippen molar-refractivity contribution in [2.75, 3.05) is 49.9 Å². The molecular weight excluding hydrogens is 385 g/mol. The Balaban J connectivity index is 1.36. The van der Waals surface area contributed by atoms with Crippen molar-refractivity contribution in [2.24, 2.45) is 0 Å². The summed E-state index contributed by atoms with van der Waals surface area (Å²) in [7, 11) is 0. The fourth-order valence-corrected chi connectivity index (χ4v) is 5.46. The SMILES string of the molecule is Cc1cccc(N2CCN(CC(=O)N3CCS[C@H]3c3ccccc3F)CC2)c1C. The minimum Gasteiger partial charge on any atom is -0.369 e. The molecule has 154 valence electrons. The number of hydrogen-bond donors (Lipinski definition) is 0. The van der Waals surface area contributed by atoms with E-state index in [4.69, 9.17) is 0 Å². The third-order valence-corrected chi connectivity index (χ3v) is 7.27. The molecule has 2 aromatic rings. The molecule has 1 amide bonds. The number of piperazine rings is 1. The van der Waals surface area contributed by atoms with Gasteiger partial charge >= 0.3 is 0 Å². The van der Waals surface area contributed by atoms with Gasteiger partial charge in [-0.15, -0.1) is 11.8 Å². The number of nitrogens with zero attached hydrogens (tertiary/aromatic N) is 3. The molecule has 0 bridgehead atoms. The molecule has 2 saturated heterocycles. The van der Waals surface area contributed by atoms with Crippen LogP contribution in [0.2, 0.25) is 0 Å². The van der Waals surface area contributed by atoms with Crippen molar-refractivity contribution in [2.45, 2.75) is 19.2 Å². The van der Waals surface area contributed by atoms with E-state index in [2.05, 4.69) is 41.8 Å². The molecule has 4 nitrogen and oxygen atoms in total. The number of carbonyl (C=O) groups is 1. The summed E-state index contributed by atoms with van der Waals surface area (Å²) in [6, 6.07) is 13.2. The van der Waals surface area contributed by atoms with Gasteiger partial charge in [0, 0.05) is 49.7 Å². The summed E-state index contributed by atoms with van der Waals surface area (Å²) in [5.41, 5.74) is 4.55. The van der Waals surface area contributed by atoms with E-state index in [-0.39, 0.29) is 17.1 Å². The highest BCUT2D eigenvalue weighted by molar-refractivity contribution is 7.99. The van der Waals surface area contributed by atoms with Crippen LogP contribution < -0.4 is 4.90 Å². The first-order valence-electron chi connectivity index (χ1n) is 10.2. The number of benzene rings is 2. The largest absolute Gasteiger partial charge is 0.369 e. The van der Waals surface area contributed by atoms with Crippen LogP contribution in [-0.4, -0.2) is 60.7 Å². The van der Waals surface area contributed by atoms with Crippen molar-refractivity contribution in [3.63, 3.8) is 0 Å². The Morgan fingerprint density at radius 1 is 1.03 bits per heavy atom. The third-order valence-electron chi connectivity index (χ3n) is 6.03. The highest BCUT2D eigenvalue weighted by Gasteiger charge is 2.33. The van der Waals surface area contributed by atoms with E-state index in [9.17, 15) is 9.18 Å². The highest BCUT2D eigenvalue weighted by Crippen LogP contribution is 2.39. The normalized spacial score (nSPS) is 20.3. The summed E-state index contributed by atoms with van der Waals surface area (Å²) in [6.07, 6.45) is 0. The average Bonchev–Trinajstić information content (AvgIpc) is 3.21. The summed E-state index contributed by atoms with van der Waals surface area (Å²) in [5, 5.41) is -0.208. The predicted octanol–water partition coefficient (Wildman–Crippen LogP) is 3.84. The van der Waals surface area contributed by atoms with Gasteiger partial charge in [-0.25, -0.2) is 4.39 Å². The second-order valence-electron chi connectivity index (χ2n) is 7.81. The van der Waals surface area contributed by atoms with Gasteiger partial charge in [0.1, 0.15) is 11.2 Å². The van der Waals surface area contributed by atoms with Gasteiger partial charge in [-0.2, -0.15) is 0 Å². The minimum absolute atomic E-state index is 0.100. The number of amides is 1. The second kappa shape index (κ2) is 8.76. The van der Waals surface area contributed by atoms with E-state index >= 15 is 0 Å². The van der Waals surface area contributed by atoms with Crippen LogP contribution in [0.3, 0.4) is 0 Å². The Morgan fingerprint density at radius 2 is 1.79 bits per heavy atom. The van der Waals surface area contributed by atoms with Gasteiger partial charge in [0.2, 0.25) is 5.91 Å². The van der Waals surface area contributed by atoms with Gasteiger partial charge in [0.15, 0.2) is 0 Å². The number of hydrogen-bond acceptors (Lipinski definition) is 4. The van der Waals surface area contributed by atoms with Crippen molar-refractivity contribution in [1.29, 1.82) is 0 Å². The monoisotopic (exact) mass is 413 g/mol. The van der Waals surface area contributed by atoms with Crippen molar-refractivity contribution >= 4 is 23.4 Å². The molecule has 0 N–H and O–H groups in total. The highest BCUT2D eigenvalue weighted by atomic mass is 32.2. The van der Waals surface area contributed by atoms with E-state index in [1.165, 1.54) is 22.9 Å². The lowest BCUT2D eigenvalue weighted by Crippen LogP contribution is -2.50. The molecule has 4 rings (SSSR count). The van der Waals surface area contributed by atoms with Crippen LogP contribution in [0.15, 0.2) is 42.5 Å². The van der Waals surface area contributed by atoms with Crippen molar-refractivity contribution in [1.82, 2.24) is 9.80 Å². The number of halogens is 1. The molecule has 2 aliphatic rings. The van der Waals surface area contributed by atoms with Gasteiger partial charge in [-0.3, -0.25) is 9.69 Å². The van der Waals surface area contributed by atoms with Crippen molar-refractivity contribution in [3.8, 4) is 0 Å². The summed E-state index contributed by atoms with van der Waals surface area (Å²) in [5.74, 6) is 0.723. The van der Waals surface area contributed by atoms with E-state index < -0.39 is 0 Å². The fraction of sp³-hybridized carbons (Fsp3) is 0.435. The molecule has 2 fully saturated rings. The minimum atomic E-state index is -0.230. The smallest absolute Gasteiger partial charge is 0.237 e. The van der Waals surface area contributed by atoms with Crippen LogP contribution in [0.4, 0.5) is 10.1 Å². The molecule has 0 radical (unpaired) electrons. The Kier molecular flexibility index (Phi) is 6.11. The van der Waals surface area contributed by atoms with Gasteiger partial charge < -0.3 is 9.80 Å². The van der Waals surface area contributed by atoms with Gasteiger partial charge in [-0.1, -0.05) is 30.3 Å². The Morgan fingerprint density at radius 3 is 2.55 bits per heavy atom. The zero-order valence-electron chi connectivity index (χ0n) is 17.1. The molecule has 0 aromatic heterocycles. The topological polar surface area (TPSA) is 26.8 Å². The van der Waals surface area contributed by atoms with Gasteiger partial charge in [-0.05, 0) is 37.1 Å². The number of carbonyl (C=O) groups excluding carboxylic acids is 1. The maximum atomic E-state index is 14.2. The summed E-state index contributed by atoms with van der Waals surface area (Å²) in [6.45, 7) is 8.99. The van der Waals surface area contributed by atoms with E-state index in [1.807, 2.05) is 11.0 Å². The standard InChI is InChI=1S/C23H28FN3OS/c1-17-6-5-9-21(18(17)2)26-12-10-25(11-13-26)16-22(28)27-14-15-29-23(27)19-7-3-4-8-20(19)24/h3-9,23H,10-16H2,1-2H3/t23-/m0/s1. The van der Waals surface area contributed by atoms with Crippen LogP contribution >= 0.6 is 11.8 Å². The zero-order valence-corrected chi connectivity index (χ0v) is 17.9. The summed E-state index contributed by atoms with van der Waals surface area (Å²) < 4.78 is 14.2. The zero-order chi connectivity index (χ0) is 20.4. The fourth-order valence-electron chi connectivity index (χ4n) is 4.17. The molecule has 0 saturated carbocycles. The van der Waals surface area contributed by atoms with Crippen LogP contribution in [0.1, 0.15) is 22.1 Å². The molecule has 6 heteroatoms. The van der Waals surface area contributed by atoms with Gasteiger partial charge in [0.25, 0.3) is 0 Å². The lowest BCUT2D eigenvalue weighted by atomic mass is 10.1. The number of thioether (sulfide) groups is 1. The van der Waals surface area contributed by atoms with E-state index in [1.54, 1.807) is 23.9 Å². The molecule has 0 aliphatic carbocycles. The third kappa shape index (κ3) is 4.28. The lowest BCUT2D eigenvalue weighted by molar-refractivity contribution is -0.132. The molecule has 2 aliphatic heterocycles. The quantitative estimate of drug-likeness (QED) is 0.761.